The molecule has 0 aliphatic carbocycles. The lowest BCUT2D eigenvalue weighted by molar-refractivity contribution is -0.141. The van der Waals surface area contributed by atoms with Gasteiger partial charge in [0.25, 0.3) is 0 Å². The fourth-order valence-electron chi connectivity index (χ4n) is 5.77. The van der Waals surface area contributed by atoms with E-state index in [0.29, 0.717) is 25.8 Å². The lowest BCUT2D eigenvalue weighted by Gasteiger charge is -2.28. The zero-order valence-corrected chi connectivity index (χ0v) is 27.1. The third-order valence-corrected chi connectivity index (χ3v) is 8.21. The van der Waals surface area contributed by atoms with Gasteiger partial charge in [-0.2, -0.15) is 0 Å². The number of piperidine rings is 1. The van der Waals surface area contributed by atoms with Crippen molar-refractivity contribution in [3.63, 3.8) is 0 Å². The Bertz CT molecular complexity index is 1540. The number of methoxy groups -OCH3 is 1. The zero-order chi connectivity index (χ0) is 33.8. The third kappa shape index (κ3) is 10.3. The van der Waals surface area contributed by atoms with E-state index < -0.39 is 42.1 Å². The van der Waals surface area contributed by atoms with Crippen LogP contribution in [0.15, 0.2) is 72.8 Å². The van der Waals surface area contributed by atoms with Gasteiger partial charge < -0.3 is 30.7 Å². The summed E-state index contributed by atoms with van der Waals surface area (Å²) in [6.45, 7) is 4.10. The molecule has 1 heterocycles. The van der Waals surface area contributed by atoms with Crippen LogP contribution in [0.3, 0.4) is 0 Å². The quantitative estimate of drug-likeness (QED) is 0.194. The number of hydrogen-bond acceptors (Lipinski definition) is 7. The van der Waals surface area contributed by atoms with E-state index in [4.69, 9.17) is 4.74 Å². The number of rotatable bonds is 14. The summed E-state index contributed by atoms with van der Waals surface area (Å²) in [6.07, 6.45) is 0.657. The van der Waals surface area contributed by atoms with E-state index in [1.807, 2.05) is 86.6 Å². The molecule has 1 aliphatic heterocycles. The normalized spacial score (nSPS) is 16.3. The Morgan fingerprint density at radius 1 is 0.894 bits per heavy atom. The molecule has 1 fully saturated rings. The molecule has 4 atom stereocenters. The van der Waals surface area contributed by atoms with Crippen LogP contribution in [0.2, 0.25) is 0 Å². The summed E-state index contributed by atoms with van der Waals surface area (Å²) < 4.78 is 10.6. The van der Waals surface area contributed by atoms with Gasteiger partial charge in [-0.05, 0) is 47.1 Å². The van der Waals surface area contributed by atoms with Crippen LogP contribution in [-0.2, 0) is 35.1 Å². The van der Waals surface area contributed by atoms with Crippen LogP contribution in [0.1, 0.15) is 56.8 Å². The highest BCUT2D eigenvalue weighted by Crippen LogP contribution is 2.29. The average Bonchev–Trinajstić information content (AvgIpc) is 3.07. The highest BCUT2D eigenvalue weighted by molar-refractivity contribution is 5.93. The van der Waals surface area contributed by atoms with Crippen LogP contribution in [0.4, 0.5) is 4.79 Å². The Morgan fingerprint density at radius 2 is 1.62 bits per heavy atom. The fraction of sp³-hybridized carbons (Fsp3) is 0.417. The van der Waals surface area contributed by atoms with Crippen molar-refractivity contribution in [1.82, 2.24) is 21.3 Å². The van der Waals surface area contributed by atoms with E-state index >= 15 is 0 Å². The second kappa shape index (κ2) is 17.1. The molecule has 0 radical (unpaired) electrons. The van der Waals surface area contributed by atoms with Crippen LogP contribution in [0, 0.1) is 11.8 Å². The van der Waals surface area contributed by atoms with Gasteiger partial charge >= 0.3 is 12.1 Å². The van der Waals surface area contributed by atoms with Crippen LogP contribution in [0.25, 0.3) is 10.8 Å². The number of amides is 4. The van der Waals surface area contributed by atoms with E-state index in [-0.39, 0.29) is 30.7 Å². The Morgan fingerprint density at radius 3 is 2.34 bits per heavy atom. The highest BCUT2D eigenvalue weighted by atomic mass is 16.6. The molecule has 4 rings (SSSR count). The van der Waals surface area contributed by atoms with Crippen molar-refractivity contribution in [2.75, 3.05) is 20.2 Å². The number of alkyl carbamates (subject to hydrolysis) is 1. The first-order valence-corrected chi connectivity index (χ1v) is 16.1. The first-order chi connectivity index (χ1) is 22.6. The summed E-state index contributed by atoms with van der Waals surface area (Å²) in [5, 5.41) is 12.8. The van der Waals surface area contributed by atoms with Crippen LogP contribution >= 0.6 is 0 Å². The zero-order valence-electron chi connectivity index (χ0n) is 27.1. The van der Waals surface area contributed by atoms with E-state index in [1.165, 1.54) is 7.11 Å². The maximum Gasteiger partial charge on any atom is 0.408 e. The molecular weight excluding hydrogens is 600 g/mol. The highest BCUT2D eigenvalue weighted by Gasteiger charge is 2.32. The molecule has 3 aromatic carbocycles. The maximum absolute atomic E-state index is 13.9. The van der Waals surface area contributed by atoms with Crippen molar-refractivity contribution < 1.29 is 33.4 Å². The van der Waals surface area contributed by atoms with Gasteiger partial charge in [-0.3, -0.25) is 19.2 Å². The molecule has 3 aromatic rings. The standard InChI is InChI=1S/C36H44N4O7/c1-23(2)19-29(34(43)38-22-32(41)46-3)39-35(44)30(20-26-15-9-14-24-11-7-8-17-28(24)26)40-36(45)47-31(25-12-5-4-6-13-25)21-27-16-10-18-37-33(27)42/h4-9,11-15,17,23,27,29-31H,10,16,18-22H2,1-3H3,(H,37,42)(H,38,43)(H,39,44)(H,40,45)/t27-,29-,30-,31-/m0/s1. The summed E-state index contributed by atoms with van der Waals surface area (Å²) in [5.41, 5.74) is 1.55. The van der Waals surface area contributed by atoms with Gasteiger partial charge in [-0.15, -0.1) is 0 Å². The first kappa shape index (κ1) is 34.9. The monoisotopic (exact) mass is 644 g/mol. The minimum absolute atomic E-state index is 0.0298. The molecule has 4 N–H and O–H groups in total. The van der Waals surface area contributed by atoms with Crippen molar-refractivity contribution in [2.24, 2.45) is 11.8 Å². The second-order valence-electron chi connectivity index (χ2n) is 12.2. The number of carbonyl (C=O) groups excluding carboxylic acids is 5. The predicted molar refractivity (Wildman–Crippen MR) is 177 cm³/mol. The second-order valence-corrected chi connectivity index (χ2v) is 12.2. The number of nitrogens with one attached hydrogen (secondary N) is 4. The lowest BCUT2D eigenvalue weighted by atomic mass is 9.90. The van der Waals surface area contributed by atoms with Crippen molar-refractivity contribution in [2.45, 2.75) is 64.1 Å². The molecule has 47 heavy (non-hydrogen) atoms. The molecule has 4 amide bonds. The topological polar surface area (TPSA) is 152 Å². The van der Waals surface area contributed by atoms with Crippen LogP contribution < -0.4 is 21.3 Å². The molecule has 11 nitrogen and oxygen atoms in total. The summed E-state index contributed by atoms with van der Waals surface area (Å²) in [4.78, 5) is 64.8. The van der Waals surface area contributed by atoms with Crippen molar-refractivity contribution >= 4 is 40.6 Å². The summed E-state index contributed by atoms with van der Waals surface area (Å²) >= 11 is 0. The van der Waals surface area contributed by atoms with Crippen LogP contribution in [0.5, 0.6) is 0 Å². The van der Waals surface area contributed by atoms with Gasteiger partial charge in [0, 0.05) is 25.3 Å². The van der Waals surface area contributed by atoms with Crippen molar-refractivity contribution in [3.05, 3.63) is 83.9 Å². The fourth-order valence-corrected chi connectivity index (χ4v) is 5.77. The van der Waals surface area contributed by atoms with Gasteiger partial charge in [-0.1, -0.05) is 86.6 Å². The minimum atomic E-state index is -1.12. The molecule has 0 bridgehead atoms. The summed E-state index contributed by atoms with van der Waals surface area (Å²) in [5.74, 6) is -2.12. The number of benzene rings is 3. The van der Waals surface area contributed by atoms with Gasteiger partial charge in [0.05, 0.1) is 7.11 Å². The van der Waals surface area contributed by atoms with Gasteiger partial charge in [0.1, 0.15) is 24.7 Å². The summed E-state index contributed by atoms with van der Waals surface area (Å²) in [7, 11) is 1.22. The first-order valence-electron chi connectivity index (χ1n) is 16.1. The number of esters is 1. The molecule has 0 unspecified atom stereocenters. The molecular formula is C36H44N4O7. The number of fused-ring (bicyclic) bond motifs is 1. The van der Waals surface area contributed by atoms with Gasteiger partial charge in [0.15, 0.2) is 0 Å². The maximum atomic E-state index is 13.9. The minimum Gasteiger partial charge on any atom is -0.468 e. The Hall–Kier alpha value is -4.93. The SMILES string of the molecule is COC(=O)CNC(=O)[C@H](CC(C)C)NC(=O)[C@H](Cc1cccc2ccccc12)NC(=O)O[C@@H](C[C@@H]1CCCNC1=O)c1ccccc1. The molecule has 250 valence electrons. The van der Waals surface area contributed by atoms with Crippen molar-refractivity contribution in [3.8, 4) is 0 Å². The van der Waals surface area contributed by atoms with E-state index in [2.05, 4.69) is 26.0 Å². The predicted octanol–water partition coefficient (Wildman–Crippen LogP) is 3.95. The van der Waals surface area contributed by atoms with E-state index in [0.717, 1.165) is 28.3 Å². The number of ether oxygens (including phenoxy) is 2. The number of hydrogen-bond donors (Lipinski definition) is 4. The van der Waals surface area contributed by atoms with Crippen molar-refractivity contribution in [1.29, 1.82) is 0 Å². The lowest BCUT2D eigenvalue weighted by Crippen LogP contribution is -2.55. The third-order valence-electron chi connectivity index (χ3n) is 8.21. The molecule has 0 saturated carbocycles. The molecule has 0 spiro atoms. The Kier molecular flexibility index (Phi) is 12.7. The Labute approximate surface area is 275 Å². The van der Waals surface area contributed by atoms with Gasteiger partial charge in [0.2, 0.25) is 17.7 Å². The molecule has 11 heteroatoms. The smallest absolute Gasteiger partial charge is 0.408 e. The molecule has 0 aromatic heterocycles. The van der Waals surface area contributed by atoms with E-state index in [1.54, 1.807) is 0 Å². The summed E-state index contributed by atoms with van der Waals surface area (Å²) in [6, 6.07) is 20.6. The van der Waals surface area contributed by atoms with Gasteiger partial charge in [-0.25, -0.2) is 4.79 Å². The average molecular weight is 645 g/mol. The van der Waals surface area contributed by atoms with E-state index in [9.17, 15) is 24.0 Å². The Balaban J connectivity index is 1.58. The molecule has 1 saturated heterocycles. The molecule has 1 aliphatic rings. The van der Waals surface area contributed by atoms with Crippen LogP contribution in [-0.4, -0.2) is 62.1 Å². The number of carbonyl (C=O) groups is 5. The largest absolute Gasteiger partial charge is 0.468 e.